The zero-order valence-electron chi connectivity index (χ0n) is 9.96. The number of para-hydroxylation sites is 1. The quantitative estimate of drug-likeness (QED) is 0.572. The number of nitrogens with one attached hydrogen (secondary N) is 1. The highest BCUT2D eigenvalue weighted by Gasteiger charge is 2.02. The third-order valence-electron chi connectivity index (χ3n) is 2.45. The fourth-order valence-electron chi connectivity index (χ4n) is 1.53. The molecular formula is C14H14N2O2. The Kier molecular flexibility index (Phi) is 3.48. The highest BCUT2D eigenvalue weighted by Crippen LogP contribution is 2.21. The van der Waals surface area contributed by atoms with Crippen molar-refractivity contribution < 1.29 is 10.2 Å². The zero-order chi connectivity index (χ0) is 13.0. The van der Waals surface area contributed by atoms with Gasteiger partial charge in [0.2, 0.25) is 0 Å². The Hall–Kier alpha value is -2.49. The second kappa shape index (κ2) is 5.23. The van der Waals surface area contributed by atoms with Crippen molar-refractivity contribution in [3.63, 3.8) is 0 Å². The number of anilines is 1. The number of hydrazone groups is 1. The van der Waals surface area contributed by atoms with Gasteiger partial charge in [0.25, 0.3) is 0 Å². The topological polar surface area (TPSA) is 64.9 Å². The van der Waals surface area contributed by atoms with Crippen molar-refractivity contribution in [1.29, 1.82) is 0 Å². The maximum Gasteiger partial charge on any atom is 0.119 e. The number of hydrogen-bond donors (Lipinski definition) is 3. The highest BCUT2D eigenvalue weighted by atomic mass is 16.3. The van der Waals surface area contributed by atoms with E-state index in [-0.39, 0.29) is 11.5 Å². The number of rotatable bonds is 3. The summed E-state index contributed by atoms with van der Waals surface area (Å²) in [7, 11) is 0. The molecule has 0 aliphatic heterocycles. The summed E-state index contributed by atoms with van der Waals surface area (Å²) in [6.07, 6.45) is 0. The van der Waals surface area contributed by atoms with Crippen LogP contribution < -0.4 is 5.43 Å². The monoisotopic (exact) mass is 242 g/mol. The van der Waals surface area contributed by atoms with Crippen LogP contribution in [0.3, 0.4) is 0 Å². The van der Waals surface area contributed by atoms with E-state index in [1.54, 1.807) is 19.1 Å². The van der Waals surface area contributed by atoms with Crippen molar-refractivity contribution in [2.45, 2.75) is 6.92 Å². The van der Waals surface area contributed by atoms with Crippen LogP contribution in [0.4, 0.5) is 5.69 Å². The largest absolute Gasteiger partial charge is 0.508 e. The molecule has 18 heavy (non-hydrogen) atoms. The van der Waals surface area contributed by atoms with Gasteiger partial charge in [0.1, 0.15) is 11.5 Å². The fraction of sp³-hybridized carbons (Fsp3) is 0.0714. The van der Waals surface area contributed by atoms with Crippen LogP contribution in [-0.2, 0) is 0 Å². The average molecular weight is 242 g/mol. The van der Waals surface area contributed by atoms with Crippen LogP contribution >= 0.6 is 0 Å². The van der Waals surface area contributed by atoms with Crippen LogP contribution in [0.2, 0.25) is 0 Å². The van der Waals surface area contributed by atoms with Crippen molar-refractivity contribution in [3.05, 3.63) is 54.1 Å². The number of phenolic OH excluding ortho intramolecular Hbond substituents is 2. The van der Waals surface area contributed by atoms with Crippen molar-refractivity contribution in [2.24, 2.45) is 5.10 Å². The van der Waals surface area contributed by atoms with Crippen LogP contribution in [0.15, 0.2) is 53.6 Å². The first-order valence-corrected chi connectivity index (χ1v) is 5.54. The molecule has 0 bridgehead atoms. The molecule has 0 aliphatic rings. The standard InChI is InChI=1S/C14H14N2O2/c1-10(11-7-13(17)9-14(18)8-11)15-16-12-5-3-2-4-6-12/h2-9,16-18H,1H3/b15-10+. The van der Waals surface area contributed by atoms with Gasteiger partial charge in [-0.25, -0.2) is 0 Å². The van der Waals surface area contributed by atoms with E-state index in [1.165, 1.54) is 6.07 Å². The fourth-order valence-corrected chi connectivity index (χ4v) is 1.53. The van der Waals surface area contributed by atoms with Crippen molar-refractivity contribution in [3.8, 4) is 11.5 Å². The molecule has 4 heteroatoms. The van der Waals surface area contributed by atoms with Crippen molar-refractivity contribution in [1.82, 2.24) is 0 Å². The molecule has 92 valence electrons. The molecule has 0 amide bonds. The van der Waals surface area contributed by atoms with E-state index in [9.17, 15) is 10.2 Å². The van der Waals surface area contributed by atoms with E-state index in [1.807, 2.05) is 30.3 Å². The number of hydrogen-bond acceptors (Lipinski definition) is 4. The average Bonchev–Trinajstić information content (AvgIpc) is 2.36. The van der Waals surface area contributed by atoms with Crippen molar-refractivity contribution >= 4 is 11.4 Å². The Morgan fingerprint density at radius 2 is 1.61 bits per heavy atom. The molecule has 0 aliphatic carbocycles. The van der Waals surface area contributed by atoms with Crippen LogP contribution in [0.5, 0.6) is 11.5 Å². The number of phenols is 2. The van der Waals surface area contributed by atoms with Gasteiger partial charge in [0.15, 0.2) is 0 Å². The lowest BCUT2D eigenvalue weighted by molar-refractivity contribution is 0.450. The Labute approximate surface area is 105 Å². The summed E-state index contributed by atoms with van der Waals surface area (Å²) in [5, 5.41) is 23.0. The van der Waals surface area contributed by atoms with Crippen LogP contribution in [-0.4, -0.2) is 15.9 Å². The Balaban J connectivity index is 2.18. The summed E-state index contributed by atoms with van der Waals surface area (Å²) in [5.74, 6) is 0.0264. The minimum atomic E-state index is 0.0132. The van der Waals surface area contributed by atoms with Gasteiger partial charge in [-0.2, -0.15) is 5.10 Å². The van der Waals surface area contributed by atoms with Crippen LogP contribution in [0.25, 0.3) is 0 Å². The number of nitrogens with zero attached hydrogens (tertiary/aromatic N) is 1. The van der Waals surface area contributed by atoms with Crippen LogP contribution in [0, 0.1) is 0 Å². The van der Waals surface area contributed by atoms with E-state index < -0.39 is 0 Å². The predicted octanol–water partition coefficient (Wildman–Crippen LogP) is 2.93. The van der Waals surface area contributed by atoms with Crippen LogP contribution in [0.1, 0.15) is 12.5 Å². The van der Waals surface area contributed by atoms with E-state index in [4.69, 9.17) is 0 Å². The molecule has 0 fully saturated rings. The molecular weight excluding hydrogens is 228 g/mol. The minimum absolute atomic E-state index is 0.0132. The molecule has 0 unspecified atom stereocenters. The molecule has 0 spiro atoms. The van der Waals surface area contributed by atoms with Gasteiger partial charge in [-0.05, 0) is 31.2 Å². The smallest absolute Gasteiger partial charge is 0.119 e. The Morgan fingerprint density at radius 1 is 1.00 bits per heavy atom. The van der Waals surface area contributed by atoms with Gasteiger partial charge < -0.3 is 10.2 Å². The van der Waals surface area contributed by atoms with E-state index >= 15 is 0 Å². The summed E-state index contributed by atoms with van der Waals surface area (Å²) >= 11 is 0. The van der Waals surface area contributed by atoms with Gasteiger partial charge >= 0.3 is 0 Å². The van der Waals surface area contributed by atoms with Gasteiger partial charge in [0, 0.05) is 11.6 Å². The van der Waals surface area contributed by atoms with Gasteiger partial charge in [0.05, 0.1) is 11.4 Å². The molecule has 0 heterocycles. The summed E-state index contributed by atoms with van der Waals surface area (Å²) in [5.41, 5.74) is 5.12. The second-order valence-electron chi connectivity index (χ2n) is 3.91. The van der Waals surface area contributed by atoms with Gasteiger partial charge in [-0.3, -0.25) is 5.43 Å². The lowest BCUT2D eigenvalue weighted by Gasteiger charge is -2.04. The first-order chi connectivity index (χ1) is 8.65. The normalized spacial score (nSPS) is 11.3. The highest BCUT2D eigenvalue weighted by molar-refractivity contribution is 5.99. The maximum atomic E-state index is 9.39. The predicted molar refractivity (Wildman–Crippen MR) is 72.0 cm³/mol. The molecule has 2 rings (SSSR count). The summed E-state index contributed by atoms with van der Waals surface area (Å²) in [6, 6.07) is 13.9. The molecule has 2 aromatic carbocycles. The van der Waals surface area contributed by atoms with E-state index in [0.717, 1.165) is 5.69 Å². The molecule has 0 radical (unpaired) electrons. The number of aromatic hydroxyl groups is 2. The molecule has 0 aromatic heterocycles. The first kappa shape index (κ1) is 12.0. The summed E-state index contributed by atoms with van der Waals surface area (Å²) in [6.45, 7) is 1.80. The van der Waals surface area contributed by atoms with E-state index in [0.29, 0.717) is 11.3 Å². The van der Waals surface area contributed by atoms with E-state index in [2.05, 4.69) is 10.5 Å². The van der Waals surface area contributed by atoms with Gasteiger partial charge in [-0.1, -0.05) is 18.2 Å². The molecule has 0 atom stereocenters. The zero-order valence-corrected chi connectivity index (χ0v) is 9.96. The third-order valence-corrected chi connectivity index (χ3v) is 2.45. The number of benzene rings is 2. The Bertz CT molecular complexity index is 545. The first-order valence-electron chi connectivity index (χ1n) is 5.54. The van der Waals surface area contributed by atoms with Gasteiger partial charge in [-0.15, -0.1) is 0 Å². The molecule has 2 aromatic rings. The lowest BCUT2D eigenvalue weighted by Crippen LogP contribution is -1.99. The molecule has 0 saturated carbocycles. The molecule has 4 nitrogen and oxygen atoms in total. The summed E-state index contributed by atoms with van der Waals surface area (Å²) < 4.78 is 0. The maximum absolute atomic E-state index is 9.39. The third kappa shape index (κ3) is 3.01. The van der Waals surface area contributed by atoms with Crippen molar-refractivity contribution in [2.75, 3.05) is 5.43 Å². The SMILES string of the molecule is C/C(=N\Nc1ccccc1)c1cc(O)cc(O)c1. The summed E-state index contributed by atoms with van der Waals surface area (Å²) in [4.78, 5) is 0. The Morgan fingerprint density at radius 3 is 2.22 bits per heavy atom. The minimum Gasteiger partial charge on any atom is -0.508 e. The lowest BCUT2D eigenvalue weighted by atomic mass is 10.1. The molecule has 3 N–H and O–H groups in total. The molecule has 0 saturated heterocycles. The second-order valence-corrected chi connectivity index (χ2v) is 3.91.